The minimum absolute atomic E-state index is 0.0980. The van der Waals surface area contributed by atoms with Crippen molar-refractivity contribution < 1.29 is 9.59 Å². The maximum Gasteiger partial charge on any atom is 0.253 e. The topological polar surface area (TPSA) is 40.6 Å². The second kappa shape index (κ2) is 6.58. The summed E-state index contributed by atoms with van der Waals surface area (Å²) in [4.78, 5) is 28.6. The number of hydrogen-bond donors (Lipinski definition) is 0. The molecule has 1 aromatic rings. The number of carbonyl (C=O) groups excluding carboxylic acids is 2. The van der Waals surface area contributed by atoms with E-state index in [4.69, 9.17) is 0 Å². The standard InChI is InChI=1S/C20H28N2O2/c1-13(2)14-6-5-7-15(8-14)20(24)22(4)18-9-16-11-19(23)21(3)12-17(16)10-18/h5-8,13,16-18H,9-12H2,1-4H3/t16-,17+,18-/m1/s1. The fraction of sp³-hybridized carbons (Fsp3) is 0.600. The van der Waals surface area contributed by atoms with E-state index < -0.39 is 0 Å². The monoisotopic (exact) mass is 328 g/mol. The van der Waals surface area contributed by atoms with Gasteiger partial charge in [0.25, 0.3) is 5.91 Å². The van der Waals surface area contributed by atoms with Crippen molar-refractivity contribution in [2.45, 2.75) is 45.1 Å². The van der Waals surface area contributed by atoms with E-state index in [2.05, 4.69) is 19.9 Å². The Morgan fingerprint density at radius 2 is 1.96 bits per heavy atom. The molecule has 0 spiro atoms. The van der Waals surface area contributed by atoms with Gasteiger partial charge in [-0.2, -0.15) is 0 Å². The molecule has 4 nitrogen and oxygen atoms in total. The van der Waals surface area contributed by atoms with Crippen LogP contribution in [0.2, 0.25) is 0 Å². The van der Waals surface area contributed by atoms with Gasteiger partial charge in [-0.15, -0.1) is 0 Å². The van der Waals surface area contributed by atoms with Crippen molar-refractivity contribution in [1.29, 1.82) is 0 Å². The molecule has 0 bridgehead atoms. The summed E-state index contributed by atoms with van der Waals surface area (Å²) >= 11 is 0. The molecule has 2 amide bonds. The van der Waals surface area contributed by atoms with Gasteiger partial charge < -0.3 is 9.80 Å². The summed E-state index contributed by atoms with van der Waals surface area (Å²) in [6.45, 7) is 5.12. The maximum absolute atomic E-state index is 12.9. The van der Waals surface area contributed by atoms with E-state index >= 15 is 0 Å². The molecule has 1 aliphatic heterocycles. The van der Waals surface area contributed by atoms with Crippen LogP contribution in [-0.4, -0.2) is 48.3 Å². The molecule has 24 heavy (non-hydrogen) atoms. The number of likely N-dealkylation sites (tertiary alicyclic amines) is 1. The van der Waals surface area contributed by atoms with Gasteiger partial charge in [-0.05, 0) is 48.3 Å². The lowest BCUT2D eigenvalue weighted by Gasteiger charge is -2.31. The lowest BCUT2D eigenvalue weighted by Crippen LogP contribution is -2.39. The Balaban J connectivity index is 1.71. The van der Waals surface area contributed by atoms with E-state index in [-0.39, 0.29) is 17.9 Å². The fourth-order valence-corrected chi connectivity index (χ4v) is 4.20. The average molecular weight is 328 g/mol. The van der Waals surface area contributed by atoms with Crippen molar-refractivity contribution >= 4 is 11.8 Å². The zero-order valence-electron chi connectivity index (χ0n) is 15.2. The van der Waals surface area contributed by atoms with Crippen molar-refractivity contribution in [2.24, 2.45) is 11.8 Å². The van der Waals surface area contributed by atoms with Crippen LogP contribution in [0.25, 0.3) is 0 Å². The molecule has 4 heteroatoms. The molecule has 1 saturated heterocycles. The molecule has 2 fully saturated rings. The second-order valence-corrected chi connectivity index (χ2v) is 7.82. The van der Waals surface area contributed by atoms with Crippen molar-refractivity contribution in [3.8, 4) is 0 Å². The van der Waals surface area contributed by atoms with Crippen molar-refractivity contribution in [2.75, 3.05) is 20.6 Å². The predicted molar refractivity (Wildman–Crippen MR) is 94.9 cm³/mol. The number of rotatable bonds is 3. The van der Waals surface area contributed by atoms with Crippen LogP contribution in [0, 0.1) is 11.8 Å². The Morgan fingerprint density at radius 1 is 1.25 bits per heavy atom. The van der Waals surface area contributed by atoms with Crippen molar-refractivity contribution in [3.05, 3.63) is 35.4 Å². The van der Waals surface area contributed by atoms with E-state index in [0.717, 1.165) is 24.9 Å². The minimum Gasteiger partial charge on any atom is -0.345 e. The summed E-state index contributed by atoms with van der Waals surface area (Å²) in [7, 11) is 3.80. The molecule has 0 radical (unpaired) electrons. The normalized spacial score (nSPS) is 26.6. The van der Waals surface area contributed by atoms with Gasteiger partial charge in [0.15, 0.2) is 0 Å². The lowest BCUT2D eigenvalue weighted by atomic mass is 9.88. The van der Waals surface area contributed by atoms with Gasteiger partial charge in [-0.25, -0.2) is 0 Å². The molecule has 0 N–H and O–H groups in total. The van der Waals surface area contributed by atoms with Gasteiger partial charge in [0.2, 0.25) is 5.91 Å². The number of hydrogen-bond acceptors (Lipinski definition) is 2. The van der Waals surface area contributed by atoms with Crippen LogP contribution in [-0.2, 0) is 4.79 Å². The third-order valence-electron chi connectivity index (χ3n) is 5.86. The fourth-order valence-electron chi connectivity index (χ4n) is 4.20. The number of nitrogens with zero attached hydrogens (tertiary/aromatic N) is 2. The predicted octanol–water partition coefficient (Wildman–Crippen LogP) is 3.14. The molecule has 130 valence electrons. The van der Waals surface area contributed by atoms with Gasteiger partial charge in [0.05, 0.1) is 0 Å². The van der Waals surface area contributed by atoms with Gasteiger partial charge in [0.1, 0.15) is 0 Å². The number of fused-ring (bicyclic) bond motifs is 1. The zero-order valence-corrected chi connectivity index (χ0v) is 15.2. The van der Waals surface area contributed by atoms with E-state index in [1.54, 1.807) is 0 Å². The Labute approximate surface area is 144 Å². The number of benzene rings is 1. The Hall–Kier alpha value is -1.84. The van der Waals surface area contributed by atoms with Crippen molar-refractivity contribution in [3.63, 3.8) is 0 Å². The summed E-state index contributed by atoms with van der Waals surface area (Å²) in [5.41, 5.74) is 1.97. The first-order valence-corrected chi connectivity index (χ1v) is 8.98. The van der Waals surface area contributed by atoms with Crippen LogP contribution < -0.4 is 0 Å². The van der Waals surface area contributed by atoms with Gasteiger partial charge in [-0.1, -0.05) is 26.0 Å². The number of amides is 2. The smallest absolute Gasteiger partial charge is 0.253 e. The summed E-state index contributed by atoms with van der Waals surface area (Å²) in [6.07, 6.45) is 2.60. The summed E-state index contributed by atoms with van der Waals surface area (Å²) < 4.78 is 0. The van der Waals surface area contributed by atoms with Crippen LogP contribution in [0.3, 0.4) is 0 Å². The minimum atomic E-state index is 0.0980. The van der Waals surface area contributed by atoms with Crippen LogP contribution in [0.4, 0.5) is 0 Å². The van der Waals surface area contributed by atoms with Gasteiger partial charge in [0, 0.05) is 38.7 Å². The van der Waals surface area contributed by atoms with Crippen LogP contribution in [0.1, 0.15) is 54.9 Å². The van der Waals surface area contributed by atoms with E-state index in [1.165, 1.54) is 5.56 Å². The molecule has 0 aromatic heterocycles. The highest BCUT2D eigenvalue weighted by Gasteiger charge is 2.42. The summed E-state index contributed by atoms with van der Waals surface area (Å²) in [6, 6.07) is 8.22. The van der Waals surface area contributed by atoms with E-state index in [1.807, 2.05) is 42.1 Å². The van der Waals surface area contributed by atoms with E-state index in [0.29, 0.717) is 24.2 Å². The van der Waals surface area contributed by atoms with Gasteiger partial charge in [-0.3, -0.25) is 9.59 Å². The second-order valence-electron chi connectivity index (χ2n) is 7.82. The maximum atomic E-state index is 12.9. The molecule has 1 aromatic carbocycles. The Bertz CT molecular complexity index is 640. The third kappa shape index (κ3) is 3.19. The Kier molecular flexibility index (Phi) is 4.66. The van der Waals surface area contributed by atoms with Crippen molar-refractivity contribution in [1.82, 2.24) is 9.80 Å². The molecule has 1 saturated carbocycles. The molecule has 3 atom stereocenters. The SMILES string of the molecule is CC(C)c1cccc(C(=O)N(C)[C@@H]2C[C@@H]3CC(=O)N(C)C[C@@H]3C2)c1. The number of piperidine rings is 1. The lowest BCUT2D eigenvalue weighted by molar-refractivity contribution is -0.134. The van der Waals surface area contributed by atoms with Crippen LogP contribution in [0.5, 0.6) is 0 Å². The highest BCUT2D eigenvalue weighted by Crippen LogP contribution is 2.40. The molecular formula is C20H28N2O2. The first kappa shape index (κ1) is 17.0. The van der Waals surface area contributed by atoms with Gasteiger partial charge >= 0.3 is 0 Å². The van der Waals surface area contributed by atoms with E-state index in [9.17, 15) is 9.59 Å². The first-order valence-electron chi connectivity index (χ1n) is 8.98. The quantitative estimate of drug-likeness (QED) is 0.855. The summed E-state index contributed by atoms with van der Waals surface area (Å²) in [5.74, 6) is 1.74. The first-order chi connectivity index (χ1) is 11.4. The number of carbonyl (C=O) groups is 2. The molecule has 3 rings (SSSR count). The molecule has 1 heterocycles. The average Bonchev–Trinajstić information content (AvgIpc) is 2.96. The van der Waals surface area contributed by atoms with Crippen LogP contribution >= 0.6 is 0 Å². The molecule has 2 aliphatic rings. The molecule has 0 unspecified atom stereocenters. The molecular weight excluding hydrogens is 300 g/mol. The zero-order chi connectivity index (χ0) is 17.4. The largest absolute Gasteiger partial charge is 0.345 e. The van der Waals surface area contributed by atoms with Crippen LogP contribution in [0.15, 0.2) is 24.3 Å². The molecule has 1 aliphatic carbocycles. The Morgan fingerprint density at radius 3 is 2.67 bits per heavy atom. The highest BCUT2D eigenvalue weighted by molar-refractivity contribution is 5.94. The third-order valence-corrected chi connectivity index (χ3v) is 5.86. The highest BCUT2D eigenvalue weighted by atomic mass is 16.2. The summed E-state index contributed by atoms with van der Waals surface area (Å²) in [5, 5.41) is 0.